The van der Waals surface area contributed by atoms with E-state index in [4.69, 9.17) is 4.74 Å². The first kappa shape index (κ1) is 18.4. The van der Waals surface area contributed by atoms with E-state index in [0.717, 1.165) is 19.3 Å². The third-order valence-corrected chi connectivity index (χ3v) is 7.75. The molecular formula is C17H23NO5S2. The zero-order valence-corrected chi connectivity index (χ0v) is 16.0. The van der Waals surface area contributed by atoms with Crippen molar-refractivity contribution in [3.05, 3.63) is 21.4 Å². The Balaban J connectivity index is 1.56. The molecule has 2 aliphatic rings. The summed E-state index contributed by atoms with van der Waals surface area (Å²) in [5.41, 5.74) is 1.21. The van der Waals surface area contributed by atoms with Gasteiger partial charge in [0.2, 0.25) is 0 Å². The molecule has 0 unspecified atom stereocenters. The van der Waals surface area contributed by atoms with Gasteiger partial charge in [-0.3, -0.25) is 4.79 Å². The van der Waals surface area contributed by atoms with Gasteiger partial charge < -0.3 is 10.1 Å². The minimum absolute atomic E-state index is 0.0464. The molecule has 25 heavy (non-hydrogen) atoms. The molecule has 0 spiro atoms. The van der Waals surface area contributed by atoms with E-state index in [2.05, 4.69) is 12.2 Å². The summed E-state index contributed by atoms with van der Waals surface area (Å²) in [6, 6.07) is 1.49. The molecule has 3 rings (SSSR count). The summed E-state index contributed by atoms with van der Waals surface area (Å²) < 4.78 is 28.2. The molecule has 0 radical (unpaired) electrons. The average molecular weight is 386 g/mol. The largest absolute Gasteiger partial charge is 0.448 e. The molecule has 0 saturated carbocycles. The van der Waals surface area contributed by atoms with Crippen LogP contribution in [0.25, 0.3) is 0 Å². The summed E-state index contributed by atoms with van der Waals surface area (Å²) in [7, 11) is -3.06. The van der Waals surface area contributed by atoms with E-state index in [-0.39, 0.29) is 11.5 Å². The van der Waals surface area contributed by atoms with Crippen LogP contribution in [-0.4, -0.2) is 43.9 Å². The predicted molar refractivity (Wildman–Crippen MR) is 95.6 cm³/mol. The number of hydrogen-bond acceptors (Lipinski definition) is 6. The molecule has 8 heteroatoms. The number of rotatable bonds is 4. The third-order valence-electron chi connectivity index (χ3n) is 4.76. The Bertz CT molecular complexity index is 783. The number of aryl methyl sites for hydroxylation is 1. The molecule has 1 aromatic rings. The highest BCUT2D eigenvalue weighted by atomic mass is 32.2. The third kappa shape index (κ3) is 4.41. The molecule has 1 N–H and O–H groups in total. The second kappa shape index (κ2) is 7.07. The highest BCUT2D eigenvalue weighted by Gasteiger charge is 2.31. The Morgan fingerprint density at radius 1 is 1.36 bits per heavy atom. The van der Waals surface area contributed by atoms with Crippen molar-refractivity contribution < 1.29 is 22.7 Å². The number of fused-ring (bicyclic) bond motifs is 1. The second-order valence-corrected chi connectivity index (χ2v) is 10.4. The van der Waals surface area contributed by atoms with Crippen LogP contribution in [0.4, 0.5) is 0 Å². The minimum Gasteiger partial charge on any atom is -0.448 e. The Kier molecular flexibility index (Phi) is 5.20. The first-order valence-electron chi connectivity index (χ1n) is 8.57. The average Bonchev–Trinajstić information content (AvgIpc) is 3.09. The SMILES string of the molecule is C[C@H]1CCc2sc(C(=O)O[C@@H](C)C(=O)N[C@@H]3CCS(=O)(=O)C3)cc2C1. The van der Waals surface area contributed by atoms with Gasteiger partial charge >= 0.3 is 5.97 Å². The molecule has 0 bridgehead atoms. The zero-order chi connectivity index (χ0) is 18.2. The Morgan fingerprint density at radius 2 is 2.12 bits per heavy atom. The van der Waals surface area contributed by atoms with Gasteiger partial charge in [-0.2, -0.15) is 0 Å². The van der Waals surface area contributed by atoms with E-state index in [1.54, 1.807) is 0 Å². The number of thiophene rings is 1. The van der Waals surface area contributed by atoms with Gasteiger partial charge in [0.25, 0.3) is 5.91 Å². The molecule has 1 aliphatic heterocycles. The van der Waals surface area contributed by atoms with Crippen LogP contribution in [0, 0.1) is 5.92 Å². The number of amides is 1. The monoisotopic (exact) mass is 385 g/mol. The van der Waals surface area contributed by atoms with Crippen LogP contribution in [0.5, 0.6) is 0 Å². The van der Waals surface area contributed by atoms with E-state index in [0.29, 0.717) is 17.2 Å². The molecule has 1 saturated heterocycles. The molecular weight excluding hydrogens is 362 g/mol. The van der Waals surface area contributed by atoms with Gasteiger partial charge in [-0.15, -0.1) is 11.3 Å². The zero-order valence-electron chi connectivity index (χ0n) is 14.4. The normalized spacial score (nSPS) is 25.8. The lowest BCUT2D eigenvalue weighted by Gasteiger charge is -2.16. The fourth-order valence-corrected chi connectivity index (χ4v) is 6.07. The standard InChI is InChI=1S/C17H23NO5S2/c1-10-3-4-14-12(7-10)8-15(24-14)17(20)23-11(2)16(19)18-13-5-6-25(21,22)9-13/h8,10-11,13H,3-7,9H2,1-2H3,(H,18,19)/t10-,11-,13+/m0/s1. The van der Waals surface area contributed by atoms with Crippen molar-refractivity contribution in [2.45, 2.75) is 51.7 Å². The van der Waals surface area contributed by atoms with Crippen molar-refractivity contribution in [2.75, 3.05) is 11.5 Å². The number of hydrogen-bond donors (Lipinski definition) is 1. The molecule has 1 amide bonds. The number of nitrogens with one attached hydrogen (secondary N) is 1. The molecule has 0 aromatic carbocycles. The van der Waals surface area contributed by atoms with Crippen LogP contribution < -0.4 is 5.32 Å². The number of carbonyl (C=O) groups excluding carboxylic acids is 2. The summed E-state index contributed by atoms with van der Waals surface area (Å²) in [5.74, 6) is -0.280. The number of esters is 1. The van der Waals surface area contributed by atoms with Gasteiger partial charge in [0.1, 0.15) is 4.88 Å². The van der Waals surface area contributed by atoms with Gasteiger partial charge in [-0.25, -0.2) is 13.2 Å². The lowest BCUT2D eigenvalue weighted by atomic mass is 9.90. The van der Waals surface area contributed by atoms with Gasteiger partial charge in [0.05, 0.1) is 11.5 Å². The maximum absolute atomic E-state index is 12.3. The van der Waals surface area contributed by atoms with Crippen molar-refractivity contribution in [3.8, 4) is 0 Å². The first-order valence-corrected chi connectivity index (χ1v) is 11.2. The van der Waals surface area contributed by atoms with Crippen LogP contribution in [0.15, 0.2) is 6.07 Å². The molecule has 1 fully saturated rings. The van der Waals surface area contributed by atoms with Crippen LogP contribution >= 0.6 is 11.3 Å². The lowest BCUT2D eigenvalue weighted by molar-refractivity contribution is -0.129. The molecule has 3 atom stereocenters. The molecule has 6 nitrogen and oxygen atoms in total. The summed E-state index contributed by atoms with van der Waals surface area (Å²) in [6.07, 6.45) is 2.55. The van der Waals surface area contributed by atoms with E-state index < -0.39 is 33.9 Å². The van der Waals surface area contributed by atoms with Gasteiger partial charge in [0.15, 0.2) is 15.9 Å². The van der Waals surface area contributed by atoms with Crippen LogP contribution in [0.2, 0.25) is 0 Å². The topological polar surface area (TPSA) is 89.5 Å². The van der Waals surface area contributed by atoms with Crippen molar-refractivity contribution in [1.82, 2.24) is 5.32 Å². The summed E-state index contributed by atoms with van der Waals surface area (Å²) >= 11 is 1.45. The summed E-state index contributed by atoms with van der Waals surface area (Å²) in [5, 5.41) is 2.65. The minimum atomic E-state index is -3.06. The second-order valence-electron chi connectivity index (χ2n) is 7.06. The number of ether oxygens (including phenoxy) is 1. The highest BCUT2D eigenvalue weighted by molar-refractivity contribution is 7.91. The highest BCUT2D eigenvalue weighted by Crippen LogP contribution is 2.32. The van der Waals surface area contributed by atoms with Crippen LogP contribution in [0.1, 0.15) is 46.8 Å². The van der Waals surface area contributed by atoms with E-state index >= 15 is 0 Å². The van der Waals surface area contributed by atoms with Gasteiger partial charge in [-0.05, 0) is 50.2 Å². The van der Waals surface area contributed by atoms with Crippen molar-refractivity contribution in [3.63, 3.8) is 0 Å². The van der Waals surface area contributed by atoms with Crippen LogP contribution in [0.3, 0.4) is 0 Å². The number of sulfone groups is 1. The molecule has 138 valence electrons. The van der Waals surface area contributed by atoms with E-state index in [9.17, 15) is 18.0 Å². The van der Waals surface area contributed by atoms with E-state index in [1.165, 1.54) is 28.7 Å². The fraction of sp³-hybridized carbons (Fsp3) is 0.647. The van der Waals surface area contributed by atoms with Crippen molar-refractivity contribution >= 4 is 33.1 Å². The predicted octanol–water partition coefficient (Wildman–Crippen LogP) is 1.72. The van der Waals surface area contributed by atoms with Gasteiger partial charge in [-0.1, -0.05) is 6.92 Å². The van der Waals surface area contributed by atoms with E-state index in [1.807, 2.05) is 6.07 Å². The first-order chi connectivity index (χ1) is 11.7. The Labute approximate surface area is 151 Å². The molecule has 1 aromatic heterocycles. The smallest absolute Gasteiger partial charge is 0.349 e. The maximum atomic E-state index is 12.3. The quantitative estimate of drug-likeness (QED) is 0.797. The van der Waals surface area contributed by atoms with Gasteiger partial charge in [0, 0.05) is 10.9 Å². The molecule has 2 heterocycles. The summed E-state index contributed by atoms with van der Waals surface area (Å²) in [6.45, 7) is 3.71. The van der Waals surface area contributed by atoms with Crippen molar-refractivity contribution in [2.24, 2.45) is 5.92 Å². The summed E-state index contributed by atoms with van der Waals surface area (Å²) in [4.78, 5) is 26.2. The van der Waals surface area contributed by atoms with Crippen molar-refractivity contribution in [1.29, 1.82) is 0 Å². The fourth-order valence-electron chi connectivity index (χ4n) is 3.31. The van der Waals surface area contributed by atoms with Crippen LogP contribution in [-0.2, 0) is 32.2 Å². The lowest BCUT2D eigenvalue weighted by Crippen LogP contribution is -2.42. The number of carbonyl (C=O) groups is 2. The molecule has 1 aliphatic carbocycles. The maximum Gasteiger partial charge on any atom is 0.349 e. The Hall–Kier alpha value is -1.41. The Morgan fingerprint density at radius 3 is 2.80 bits per heavy atom.